The van der Waals surface area contributed by atoms with Gasteiger partial charge in [-0.15, -0.1) is 0 Å². The third-order valence-electron chi connectivity index (χ3n) is 3.86. The lowest BCUT2D eigenvalue weighted by Crippen LogP contribution is -2.15. The Labute approximate surface area is 152 Å². The molecule has 0 saturated heterocycles. The summed E-state index contributed by atoms with van der Waals surface area (Å²) in [5.74, 6) is -0.777. The molecule has 0 amide bonds. The van der Waals surface area contributed by atoms with Crippen LogP contribution in [-0.4, -0.2) is 23.6 Å². The highest BCUT2D eigenvalue weighted by Gasteiger charge is 2.25. The molecule has 0 aliphatic carbocycles. The van der Waals surface area contributed by atoms with Gasteiger partial charge in [-0.1, -0.05) is 45.7 Å². The van der Waals surface area contributed by atoms with Crippen molar-refractivity contribution < 1.29 is 14.3 Å². The summed E-state index contributed by atoms with van der Waals surface area (Å²) < 4.78 is 7.11. The summed E-state index contributed by atoms with van der Waals surface area (Å²) in [4.78, 5) is 25.2. The van der Waals surface area contributed by atoms with E-state index in [0.29, 0.717) is 32.7 Å². The zero-order chi connectivity index (χ0) is 17.4. The van der Waals surface area contributed by atoms with E-state index in [-0.39, 0.29) is 5.91 Å². The van der Waals surface area contributed by atoms with Crippen molar-refractivity contribution in [3.63, 3.8) is 0 Å². The number of benzene rings is 2. The molecule has 3 rings (SSSR count). The van der Waals surface area contributed by atoms with Gasteiger partial charge in [-0.3, -0.25) is 9.36 Å². The zero-order valence-electron chi connectivity index (χ0n) is 13.0. The van der Waals surface area contributed by atoms with Crippen molar-refractivity contribution >= 4 is 50.3 Å². The molecule has 24 heavy (non-hydrogen) atoms. The van der Waals surface area contributed by atoms with E-state index in [2.05, 4.69) is 15.9 Å². The lowest BCUT2D eigenvalue weighted by molar-refractivity contribution is 0.0602. The molecule has 0 N–H and O–H groups in total. The number of hydrogen-bond acceptors (Lipinski definition) is 3. The Hall–Kier alpha value is -2.11. The second kappa shape index (κ2) is 6.42. The molecule has 0 atom stereocenters. The van der Waals surface area contributed by atoms with E-state index >= 15 is 0 Å². The highest BCUT2D eigenvalue weighted by Crippen LogP contribution is 2.29. The largest absolute Gasteiger partial charge is 0.465 e. The number of fused-ring (bicyclic) bond motifs is 1. The Morgan fingerprint density at radius 2 is 1.88 bits per heavy atom. The maximum absolute atomic E-state index is 13.1. The average Bonchev–Trinajstić information content (AvgIpc) is 2.87. The molecule has 0 saturated carbocycles. The van der Waals surface area contributed by atoms with Gasteiger partial charge in [-0.05, 0) is 31.2 Å². The monoisotopic (exact) mass is 405 g/mol. The fourth-order valence-corrected chi connectivity index (χ4v) is 3.33. The number of esters is 1. The zero-order valence-corrected chi connectivity index (χ0v) is 15.3. The Morgan fingerprint density at radius 3 is 2.58 bits per heavy atom. The van der Waals surface area contributed by atoms with Crippen LogP contribution in [0, 0.1) is 6.92 Å². The lowest BCUT2D eigenvalue weighted by atomic mass is 10.1. The summed E-state index contributed by atoms with van der Waals surface area (Å²) in [5.41, 5.74) is 1.89. The predicted molar refractivity (Wildman–Crippen MR) is 96.9 cm³/mol. The number of halogens is 2. The number of carbonyl (C=O) groups excluding carboxylic acids is 2. The Balaban J connectivity index is 2.30. The highest BCUT2D eigenvalue weighted by molar-refractivity contribution is 9.10. The van der Waals surface area contributed by atoms with Gasteiger partial charge >= 0.3 is 5.97 Å². The Morgan fingerprint density at radius 1 is 1.17 bits per heavy atom. The number of nitrogens with zero attached hydrogens (tertiary/aromatic N) is 1. The standard InChI is InChI=1S/C18H13BrClNO3/c1-10-16(18(23)24-2)12-5-3-4-6-15(12)21(10)17(22)13-9-11(19)7-8-14(13)20/h3-9H,1-2H3. The summed E-state index contributed by atoms with van der Waals surface area (Å²) in [5, 5.41) is 1.02. The molecule has 4 nitrogen and oxygen atoms in total. The van der Waals surface area contributed by atoms with Gasteiger partial charge in [0, 0.05) is 15.6 Å². The van der Waals surface area contributed by atoms with Crippen LogP contribution in [0.15, 0.2) is 46.9 Å². The van der Waals surface area contributed by atoms with Crippen molar-refractivity contribution in [3.05, 3.63) is 68.8 Å². The minimum atomic E-state index is -0.476. The minimum Gasteiger partial charge on any atom is -0.465 e. The number of para-hydroxylation sites is 1. The van der Waals surface area contributed by atoms with Crippen LogP contribution >= 0.6 is 27.5 Å². The molecule has 0 aliphatic heterocycles. The maximum atomic E-state index is 13.1. The van der Waals surface area contributed by atoms with Crippen LogP contribution in [0.2, 0.25) is 5.02 Å². The molecule has 0 radical (unpaired) electrons. The van der Waals surface area contributed by atoms with Crippen molar-refractivity contribution in [2.75, 3.05) is 7.11 Å². The molecule has 0 spiro atoms. The molecule has 0 fully saturated rings. The van der Waals surface area contributed by atoms with E-state index in [1.165, 1.54) is 11.7 Å². The number of methoxy groups -OCH3 is 1. The van der Waals surface area contributed by atoms with Crippen molar-refractivity contribution in [3.8, 4) is 0 Å². The molecule has 3 aromatic rings. The van der Waals surface area contributed by atoms with Crippen molar-refractivity contribution in [2.24, 2.45) is 0 Å². The number of carbonyl (C=O) groups is 2. The van der Waals surface area contributed by atoms with Crippen LogP contribution < -0.4 is 0 Å². The van der Waals surface area contributed by atoms with E-state index in [1.807, 2.05) is 12.1 Å². The molecule has 2 aromatic carbocycles. The molecule has 1 heterocycles. The van der Waals surface area contributed by atoms with Crippen LogP contribution in [0.1, 0.15) is 26.4 Å². The maximum Gasteiger partial charge on any atom is 0.340 e. The summed E-state index contributed by atoms with van der Waals surface area (Å²) in [6, 6.07) is 12.3. The SMILES string of the molecule is COC(=O)c1c(C)n(C(=O)c2cc(Br)ccc2Cl)c2ccccc12. The molecule has 122 valence electrons. The van der Waals surface area contributed by atoms with Crippen LogP contribution in [0.5, 0.6) is 0 Å². The summed E-state index contributed by atoms with van der Waals surface area (Å²) in [6.07, 6.45) is 0. The topological polar surface area (TPSA) is 48.3 Å². The average molecular weight is 407 g/mol. The fourth-order valence-electron chi connectivity index (χ4n) is 2.77. The van der Waals surface area contributed by atoms with Crippen LogP contribution in [0.25, 0.3) is 10.9 Å². The van der Waals surface area contributed by atoms with Crippen molar-refractivity contribution in [1.29, 1.82) is 0 Å². The number of hydrogen-bond donors (Lipinski definition) is 0. The van der Waals surface area contributed by atoms with Gasteiger partial charge in [0.25, 0.3) is 5.91 Å². The van der Waals surface area contributed by atoms with Gasteiger partial charge in [0.05, 0.1) is 28.8 Å². The van der Waals surface area contributed by atoms with E-state index < -0.39 is 5.97 Å². The van der Waals surface area contributed by atoms with Gasteiger partial charge in [0.1, 0.15) is 0 Å². The smallest absolute Gasteiger partial charge is 0.340 e. The van der Waals surface area contributed by atoms with E-state index in [9.17, 15) is 9.59 Å². The van der Waals surface area contributed by atoms with E-state index in [0.717, 1.165) is 4.47 Å². The second-order valence-electron chi connectivity index (χ2n) is 5.23. The quantitative estimate of drug-likeness (QED) is 0.572. The van der Waals surface area contributed by atoms with Gasteiger partial charge in [0.15, 0.2) is 0 Å². The first-order valence-corrected chi connectivity index (χ1v) is 8.31. The normalized spacial score (nSPS) is 10.8. The molecule has 6 heteroatoms. The molecule has 1 aromatic heterocycles. The van der Waals surface area contributed by atoms with Crippen LogP contribution in [0.4, 0.5) is 0 Å². The van der Waals surface area contributed by atoms with E-state index in [4.69, 9.17) is 16.3 Å². The third-order valence-corrected chi connectivity index (χ3v) is 4.69. The first kappa shape index (κ1) is 16.7. The summed E-state index contributed by atoms with van der Waals surface area (Å²) in [7, 11) is 1.32. The Kier molecular flexibility index (Phi) is 4.47. The van der Waals surface area contributed by atoms with E-state index in [1.54, 1.807) is 37.3 Å². The van der Waals surface area contributed by atoms with Gasteiger partial charge in [0.2, 0.25) is 0 Å². The van der Waals surface area contributed by atoms with Crippen molar-refractivity contribution in [2.45, 2.75) is 6.92 Å². The summed E-state index contributed by atoms with van der Waals surface area (Å²) >= 11 is 9.55. The Bertz CT molecular complexity index is 978. The predicted octanol–water partition coefficient (Wildman–Crippen LogP) is 4.84. The molecule has 0 unspecified atom stereocenters. The van der Waals surface area contributed by atoms with Gasteiger partial charge in [-0.25, -0.2) is 4.79 Å². The number of aromatic nitrogens is 1. The molecule has 0 bridgehead atoms. The second-order valence-corrected chi connectivity index (χ2v) is 6.56. The van der Waals surface area contributed by atoms with Crippen molar-refractivity contribution in [1.82, 2.24) is 4.57 Å². The third kappa shape index (κ3) is 2.64. The van der Waals surface area contributed by atoms with Crippen LogP contribution in [-0.2, 0) is 4.74 Å². The molecule has 0 aliphatic rings. The molecular weight excluding hydrogens is 394 g/mol. The van der Waals surface area contributed by atoms with Gasteiger partial charge in [-0.2, -0.15) is 0 Å². The number of rotatable bonds is 2. The van der Waals surface area contributed by atoms with Crippen LogP contribution in [0.3, 0.4) is 0 Å². The first-order chi connectivity index (χ1) is 11.5. The highest BCUT2D eigenvalue weighted by atomic mass is 79.9. The number of ether oxygens (including phenoxy) is 1. The molecular formula is C18H13BrClNO3. The fraction of sp³-hybridized carbons (Fsp3) is 0.111. The summed E-state index contributed by atoms with van der Waals surface area (Å²) in [6.45, 7) is 1.72. The lowest BCUT2D eigenvalue weighted by Gasteiger charge is -2.09. The first-order valence-electron chi connectivity index (χ1n) is 7.13. The van der Waals surface area contributed by atoms with Gasteiger partial charge < -0.3 is 4.74 Å². The minimum absolute atomic E-state index is 0.301.